The second-order valence-corrected chi connectivity index (χ2v) is 5.69. The molecular formula is C13H22N2O2S. The second kappa shape index (κ2) is 6.73. The Balaban J connectivity index is 2.85. The molecule has 0 amide bonds. The molecule has 0 spiro atoms. The summed E-state index contributed by atoms with van der Waals surface area (Å²) in [6, 6.07) is 0.342. The van der Waals surface area contributed by atoms with Gasteiger partial charge in [0.2, 0.25) is 0 Å². The number of aryl methyl sites for hydroxylation is 1. The maximum Gasteiger partial charge on any atom is 0.347 e. The monoisotopic (exact) mass is 270 g/mol. The van der Waals surface area contributed by atoms with Crippen LogP contribution in [0.25, 0.3) is 0 Å². The number of aromatic carboxylic acids is 1. The largest absolute Gasteiger partial charge is 0.477 e. The molecule has 5 heteroatoms. The molecule has 0 bridgehead atoms. The fourth-order valence-electron chi connectivity index (χ4n) is 1.81. The standard InChI is InChI=1S/C13H22N2O2S/c1-5-6-7-8-15(9(2)3)13-14-10(4)11(18-13)12(16)17/h9H,5-8H2,1-4H3,(H,16,17). The SMILES string of the molecule is CCCCCN(c1nc(C)c(C(=O)O)s1)C(C)C. The van der Waals surface area contributed by atoms with E-state index in [1.165, 1.54) is 24.2 Å². The first kappa shape index (κ1) is 15.0. The van der Waals surface area contributed by atoms with Crippen molar-refractivity contribution in [1.82, 2.24) is 4.98 Å². The van der Waals surface area contributed by atoms with Crippen LogP contribution >= 0.6 is 11.3 Å². The Hall–Kier alpha value is -1.10. The summed E-state index contributed by atoms with van der Waals surface area (Å²) in [6.07, 6.45) is 3.50. The minimum atomic E-state index is -0.881. The highest BCUT2D eigenvalue weighted by atomic mass is 32.1. The van der Waals surface area contributed by atoms with Crippen molar-refractivity contribution in [2.75, 3.05) is 11.4 Å². The van der Waals surface area contributed by atoms with Gasteiger partial charge in [-0.3, -0.25) is 0 Å². The zero-order valence-corrected chi connectivity index (χ0v) is 12.4. The fourth-order valence-corrected chi connectivity index (χ4v) is 2.88. The number of unbranched alkanes of at least 4 members (excludes halogenated alkanes) is 2. The van der Waals surface area contributed by atoms with Gasteiger partial charge in [0.1, 0.15) is 4.88 Å². The molecule has 18 heavy (non-hydrogen) atoms. The highest BCUT2D eigenvalue weighted by Crippen LogP contribution is 2.27. The fraction of sp³-hybridized carbons (Fsp3) is 0.692. The first-order valence-corrected chi connectivity index (χ1v) is 7.26. The lowest BCUT2D eigenvalue weighted by atomic mass is 10.2. The summed E-state index contributed by atoms with van der Waals surface area (Å²) in [5, 5.41) is 9.90. The highest BCUT2D eigenvalue weighted by Gasteiger charge is 2.19. The van der Waals surface area contributed by atoms with Gasteiger partial charge in [-0.1, -0.05) is 31.1 Å². The number of hydrogen-bond donors (Lipinski definition) is 1. The summed E-state index contributed by atoms with van der Waals surface area (Å²) in [5.41, 5.74) is 0.614. The van der Waals surface area contributed by atoms with Crippen molar-refractivity contribution in [2.24, 2.45) is 0 Å². The van der Waals surface area contributed by atoms with Crippen LogP contribution in [-0.4, -0.2) is 28.6 Å². The number of carboxylic acids is 1. The molecule has 0 saturated heterocycles. The van der Waals surface area contributed by atoms with Crippen LogP contribution in [0.3, 0.4) is 0 Å². The average Bonchev–Trinajstić information content (AvgIpc) is 2.66. The summed E-state index contributed by atoms with van der Waals surface area (Å²) in [5.74, 6) is -0.881. The van der Waals surface area contributed by atoms with Crippen LogP contribution in [0.15, 0.2) is 0 Å². The molecule has 0 unspecified atom stereocenters. The number of aromatic nitrogens is 1. The van der Waals surface area contributed by atoms with Gasteiger partial charge in [0, 0.05) is 12.6 Å². The first-order chi connectivity index (χ1) is 8.47. The van der Waals surface area contributed by atoms with E-state index in [4.69, 9.17) is 5.11 Å². The number of anilines is 1. The number of thiazole rings is 1. The maximum absolute atomic E-state index is 11.0. The molecular weight excluding hydrogens is 248 g/mol. The predicted octanol–water partition coefficient (Wildman–Crippen LogP) is 3.55. The molecule has 0 aliphatic heterocycles. The van der Waals surface area contributed by atoms with E-state index in [1.54, 1.807) is 6.92 Å². The van der Waals surface area contributed by atoms with Gasteiger partial charge in [0.25, 0.3) is 0 Å². The van der Waals surface area contributed by atoms with Crippen LogP contribution in [0.4, 0.5) is 5.13 Å². The van der Waals surface area contributed by atoms with Gasteiger partial charge in [0.15, 0.2) is 5.13 Å². The Labute approximate surface area is 113 Å². The van der Waals surface area contributed by atoms with Crippen molar-refractivity contribution < 1.29 is 9.90 Å². The predicted molar refractivity (Wildman–Crippen MR) is 75.8 cm³/mol. The smallest absolute Gasteiger partial charge is 0.347 e. The lowest BCUT2D eigenvalue weighted by Gasteiger charge is -2.26. The van der Waals surface area contributed by atoms with E-state index in [-0.39, 0.29) is 0 Å². The minimum Gasteiger partial charge on any atom is -0.477 e. The van der Waals surface area contributed by atoms with Gasteiger partial charge >= 0.3 is 5.97 Å². The van der Waals surface area contributed by atoms with Crippen LogP contribution in [-0.2, 0) is 0 Å². The molecule has 1 rings (SSSR count). The van der Waals surface area contributed by atoms with Crippen molar-refractivity contribution in [1.29, 1.82) is 0 Å². The quantitative estimate of drug-likeness (QED) is 0.770. The van der Waals surface area contributed by atoms with Gasteiger partial charge < -0.3 is 10.0 Å². The number of nitrogens with zero attached hydrogens (tertiary/aromatic N) is 2. The van der Waals surface area contributed by atoms with Gasteiger partial charge in [-0.15, -0.1) is 0 Å². The average molecular weight is 270 g/mol. The Morgan fingerprint density at radius 3 is 2.56 bits per heavy atom. The molecule has 1 heterocycles. The van der Waals surface area contributed by atoms with E-state index >= 15 is 0 Å². The Morgan fingerprint density at radius 2 is 2.11 bits per heavy atom. The summed E-state index contributed by atoms with van der Waals surface area (Å²) < 4.78 is 0. The summed E-state index contributed by atoms with van der Waals surface area (Å²) in [6.45, 7) is 9.10. The van der Waals surface area contributed by atoms with E-state index < -0.39 is 5.97 Å². The molecule has 1 aromatic heterocycles. The normalized spacial score (nSPS) is 10.9. The lowest BCUT2D eigenvalue weighted by Crippen LogP contribution is -2.31. The topological polar surface area (TPSA) is 53.4 Å². The third kappa shape index (κ3) is 3.70. The van der Waals surface area contributed by atoms with Crippen LogP contribution in [0.2, 0.25) is 0 Å². The van der Waals surface area contributed by atoms with E-state index in [2.05, 4.69) is 30.7 Å². The number of carboxylic acid groups (broad SMARTS) is 1. The zero-order valence-electron chi connectivity index (χ0n) is 11.6. The van der Waals surface area contributed by atoms with Crippen LogP contribution in [0.5, 0.6) is 0 Å². The van der Waals surface area contributed by atoms with Gasteiger partial charge in [-0.25, -0.2) is 9.78 Å². The van der Waals surface area contributed by atoms with Gasteiger partial charge in [0.05, 0.1) is 5.69 Å². The molecule has 0 fully saturated rings. The molecule has 1 N–H and O–H groups in total. The van der Waals surface area contributed by atoms with Crippen molar-refractivity contribution in [3.8, 4) is 0 Å². The molecule has 0 atom stereocenters. The Bertz CT molecular complexity index is 402. The number of hydrogen-bond acceptors (Lipinski definition) is 4. The molecule has 0 aliphatic rings. The minimum absolute atomic E-state index is 0.342. The first-order valence-electron chi connectivity index (χ1n) is 6.44. The Kier molecular flexibility index (Phi) is 5.59. The zero-order chi connectivity index (χ0) is 13.7. The van der Waals surface area contributed by atoms with E-state index in [9.17, 15) is 4.79 Å². The molecule has 4 nitrogen and oxygen atoms in total. The van der Waals surface area contributed by atoms with Crippen molar-refractivity contribution >= 4 is 22.4 Å². The van der Waals surface area contributed by atoms with Gasteiger partial charge in [-0.05, 0) is 27.2 Å². The molecule has 102 valence electrons. The summed E-state index contributed by atoms with van der Waals surface area (Å²) in [4.78, 5) is 18.0. The van der Waals surface area contributed by atoms with Crippen molar-refractivity contribution in [3.63, 3.8) is 0 Å². The third-order valence-electron chi connectivity index (χ3n) is 2.85. The molecule has 1 aromatic rings. The van der Waals surface area contributed by atoms with Crippen molar-refractivity contribution in [2.45, 2.75) is 53.0 Å². The molecule has 0 aliphatic carbocycles. The van der Waals surface area contributed by atoms with Gasteiger partial charge in [-0.2, -0.15) is 0 Å². The van der Waals surface area contributed by atoms with Crippen LogP contribution in [0, 0.1) is 6.92 Å². The molecule has 0 saturated carbocycles. The lowest BCUT2D eigenvalue weighted by molar-refractivity contribution is 0.0701. The third-order valence-corrected chi connectivity index (χ3v) is 4.03. The number of rotatable bonds is 7. The second-order valence-electron chi connectivity index (χ2n) is 4.71. The maximum atomic E-state index is 11.0. The van der Waals surface area contributed by atoms with Crippen LogP contribution < -0.4 is 4.90 Å². The van der Waals surface area contributed by atoms with Crippen molar-refractivity contribution in [3.05, 3.63) is 10.6 Å². The summed E-state index contributed by atoms with van der Waals surface area (Å²) >= 11 is 1.28. The van der Waals surface area contributed by atoms with E-state index in [0.29, 0.717) is 16.6 Å². The number of carbonyl (C=O) groups is 1. The highest BCUT2D eigenvalue weighted by molar-refractivity contribution is 7.17. The molecule has 0 aromatic carbocycles. The Morgan fingerprint density at radius 1 is 1.44 bits per heavy atom. The molecule has 0 radical (unpaired) electrons. The van der Waals surface area contributed by atoms with E-state index in [1.807, 2.05) is 0 Å². The van der Waals surface area contributed by atoms with E-state index in [0.717, 1.165) is 18.1 Å². The summed E-state index contributed by atoms with van der Waals surface area (Å²) in [7, 11) is 0. The van der Waals surface area contributed by atoms with Crippen LogP contribution in [0.1, 0.15) is 55.4 Å².